The Morgan fingerprint density at radius 3 is 1.82 bits per heavy atom. The van der Waals surface area contributed by atoms with Crippen LogP contribution in [-0.4, -0.2) is 91.7 Å². The third kappa shape index (κ3) is 5.10. The van der Waals surface area contributed by atoms with Crippen LogP contribution in [0.15, 0.2) is 11.0 Å². The summed E-state index contributed by atoms with van der Waals surface area (Å²) in [7, 11) is -3.63. The molecule has 0 aliphatic carbocycles. The van der Waals surface area contributed by atoms with Gasteiger partial charge in [-0.15, -0.1) is 0 Å². The first-order chi connectivity index (χ1) is 16.0. The van der Waals surface area contributed by atoms with Crippen LogP contribution in [0.1, 0.15) is 48.9 Å². The second-order valence-electron chi connectivity index (χ2n) is 9.54. The number of likely N-dealkylation sites (tertiary alicyclic amines) is 1. The van der Waals surface area contributed by atoms with E-state index in [1.165, 1.54) is 4.31 Å². The maximum absolute atomic E-state index is 13.5. The molecule has 0 spiro atoms. The molecular formula is C25H40N4O4S. The molecule has 34 heavy (non-hydrogen) atoms. The van der Waals surface area contributed by atoms with Crippen LogP contribution in [0.3, 0.4) is 0 Å². The number of rotatable bonds is 5. The number of nitrogens with zero attached hydrogens (tertiary/aromatic N) is 4. The van der Waals surface area contributed by atoms with Crippen molar-refractivity contribution in [2.45, 2.75) is 59.3 Å². The van der Waals surface area contributed by atoms with Gasteiger partial charge in [-0.05, 0) is 76.6 Å². The highest BCUT2D eigenvalue weighted by Crippen LogP contribution is 2.30. The molecule has 3 rings (SSSR count). The predicted octanol–water partition coefficient (Wildman–Crippen LogP) is 2.93. The summed E-state index contributed by atoms with van der Waals surface area (Å²) >= 11 is 0. The number of sulfonamides is 1. The number of urea groups is 1. The molecular weight excluding hydrogens is 452 g/mol. The van der Waals surface area contributed by atoms with Gasteiger partial charge >= 0.3 is 6.03 Å². The van der Waals surface area contributed by atoms with Gasteiger partial charge in [-0.3, -0.25) is 4.79 Å². The highest BCUT2D eigenvalue weighted by Gasteiger charge is 2.36. The molecule has 0 bridgehead atoms. The van der Waals surface area contributed by atoms with Crippen molar-refractivity contribution in [1.29, 1.82) is 0 Å². The fourth-order valence-electron chi connectivity index (χ4n) is 5.12. The number of carbonyl (C=O) groups excluding carboxylic acids is 2. The molecule has 0 unspecified atom stereocenters. The lowest BCUT2D eigenvalue weighted by atomic mass is 9.95. The average molecular weight is 493 g/mol. The second-order valence-corrected chi connectivity index (χ2v) is 11.4. The van der Waals surface area contributed by atoms with Gasteiger partial charge in [0.1, 0.15) is 0 Å². The Bertz CT molecular complexity index is 994. The third-order valence-corrected chi connectivity index (χ3v) is 9.77. The summed E-state index contributed by atoms with van der Waals surface area (Å²) < 4.78 is 28.5. The lowest BCUT2D eigenvalue weighted by Crippen LogP contribution is -2.53. The van der Waals surface area contributed by atoms with E-state index in [1.54, 1.807) is 9.80 Å². The summed E-state index contributed by atoms with van der Waals surface area (Å²) in [6.45, 7) is 15.5. The van der Waals surface area contributed by atoms with Crippen LogP contribution in [0.4, 0.5) is 4.79 Å². The predicted molar refractivity (Wildman–Crippen MR) is 133 cm³/mol. The number of hydrogen-bond donors (Lipinski definition) is 0. The van der Waals surface area contributed by atoms with Gasteiger partial charge in [0.15, 0.2) is 0 Å². The molecule has 0 radical (unpaired) electrons. The van der Waals surface area contributed by atoms with Crippen LogP contribution in [0.2, 0.25) is 0 Å². The third-order valence-electron chi connectivity index (χ3n) is 7.59. The van der Waals surface area contributed by atoms with Crippen molar-refractivity contribution in [1.82, 2.24) is 19.0 Å². The van der Waals surface area contributed by atoms with E-state index in [4.69, 9.17) is 0 Å². The van der Waals surface area contributed by atoms with Crippen LogP contribution in [0.5, 0.6) is 0 Å². The maximum Gasteiger partial charge on any atom is 0.319 e. The van der Waals surface area contributed by atoms with Gasteiger partial charge in [-0.1, -0.05) is 6.07 Å². The number of benzene rings is 1. The summed E-state index contributed by atoms with van der Waals surface area (Å²) in [5, 5.41) is 0. The van der Waals surface area contributed by atoms with E-state index in [9.17, 15) is 18.0 Å². The van der Waals surface area contributed by atoms with E-state index in [2.05, 4.69) is 0 Å². The number of amides is 3. The normalized spacial score (nSPS) is 18.3. The van der Waals surface area contributed by atoms with Crippen LogP contribution < -0.4 is 0 Å². The number of piperazine rings is 1. The quantitative estimate of drug-likeness (QED) is 0.633. The molecule has 2 fully saturated rings. The van der Waals surface area contributed by atoms with Crippen molar-refractivity contribution < 1.29 is 18.0 Å². The molecule has 190 valence electrons. The van der Waals surface area contributed by atoms with E-state index < -0.39 is 10.0 Å². The first-order valence-corrected chi connectivity index (χ1v) is 13.9. The van der Waals surface area contributed by atoms with Crippen LogP contribution in [0, 0.1) is 33.6 Å². The zero-order valence-corrected chi connectivity index (χ0v) is 22.4. The van der Waals surface area contributed by atoms with Gasteiger partial charge in [-0.2, -0.15) is 4.31 Å². The van der Waals surface area contributed by atoms with Crippen molar-refractivity contribution in [2.75, 3.05) is 52.4 Å². The Hall–Kier alpha value is -2.13. The molecule has 0 atom stereocenters. The lowest BCUT2D eigenvalue weighted by Gasteiger charge is -2.39. The van der Waals surface area contributed by atoms with Crippen molar-refractivity contribution in [3.63, 3.8) is 0 Å². The minimum Gasteiger partial charge on any atom is -0.340 e. The summed E-state index contributed by atoms with van der Waals surface area (Å²) in [5.74, 6) is -0.0152. The van der Waals surface area contributed by atoms with E-state index in [-0.39, 0.29) is 17.9 Å². The molecule has 2 aliphatic rings. The summed E-state index contributed by atoms with van der Waals surface area (Å²) in [6.07, 6.45) is 1.32. The Kier molecular flexibility index (Phi) is 8.29. The topological polar surface area (TPSA) is 81.2 Å². The van der Waals surface area contributed by atoms with Gasteiger partial charge in [0.05, 0.1) is 4.90 Å². The first kappa shape index (κ1) is 26.5. The highest BCUT2D eigenvalue weighted by molar-refractivity contribution is 7.89. The first-order valence-electron chi connectivity index (χ1n) is 12.4. The molecule has 0 saturated carbocycles. The van der Waals surface area contributed by atoms with Crippen molar-refractivity contribution >= 4 is 22.0 Å². The average Bonchev–Trinajstić information content (AvgIpc) is 2.83. The van der Waals surface area contributed by atoms with Crippen molar-refractivity contribution in [3.05, 3.63) is 28.3 Å². The Morgan fingerprint density at radius 1 is 0.853 bits per heavy atom. The fraction of sp³-hybridized carbons (Fsp3) is 0.680. The van der Waals surface area contributed by atoms with E-state index in [0.29, 0.717) is 70.1 Å². The molecule has 2 saturated heterocycles. The molecule has 3 amide bonds. The van der Waals surface area contributed by atoms with Gasteiger partial charge < -0.3 is 14.7 Å². The van der Waals surface area contributed by atoms with Crippen LogP contribution >= 0.6 is 0 Å². The standard InChI is InChI=1S/C25H40N4O4S/c1-7-26(8-2)25(31)28-11-9-22(10-12-28)24(30)27-13-15-29(16-14-27)34(32,33)23-20(5)18(3)17-19(4)21(23)6/h17,22H,7-16H2,1-6H3. The largest absolute Gasteiger partial charge is 0.340 e. The molecule has 1 aromatic rings. The molecule has 1 aromatic carbocycles. The number of hydrogen-bond acceptors (Lipinski definition) is 4. The number of aryl methyl sites for hydroxylation is 2. The van der Waals surface area contributed by atoms with Crippen molar-refractivity contribution in [2.24, 2.45) is 5.92 Å². The van der Waals surface area contributed by atoms with Crippen LogP contribution in [0.25, 0.3) is 0 Å². The molecule has 9 heteroatoms. The maximum atomic E-state index is 13.5. The summed E-state index contributed by atoms with van der Waals surface area (Å²) in [6, 6.07) is 2.08. The Balaban J connectivity index is 1.60. The van der Waals surface area contributed by atoms with Gasteiger partial charge in [0.25, 0.3) is 0 Å². The number of piperidine rings is 1. The minimum atomic E-state index is -3.63. The van der Waals surface area contributed by atoms with Crippen LogP contribution in [-0.2, 0) is 14.8 Å². The molecule has 0 N–H and O–H groups in total. The van der Waals surface area contributed by atoms with Gasteiger partial charge in [0.2, 0.25) is 15.9 Å². The lowest BCUT2D eigenvalue weighted by molar-refractivity contribution is -0.138. The fourth-order valence-corrected chi connectivity index (χ4v) is 7.11. The monoisotopic (exact) mass is 492 g/mol. The smallest absolute Gasteiger partial charge is 0.319 e. The summed E-state index contributed by atoms with van der Waals surface area (Å²) in [5.41, 5.74) is 3.54. The molecule has 2 heterocycles. The summed E-state index contributed by atoms with van der Waals surface area (Å²) in [4.78, 5) is 31.6. The highest BCUT2D eigenvalue weighted by atomic mass is 32.2. The minimum absolute atomic E-state index is 0.0479. The molecule has 2 aliphatic heterocycles. The van der Waals surface area contributed by atoms with E-state index in [1.807, 2.05) is 52.5 Å². The number of carbonyl (C=O) groups is 2. The Morgan fingerprint density at radius 2 is 1.35 bits per heavy atom. The zero-order chi connectivity index (χ0) is 25.2. The molecule has 8 nitrogen and oxygen atoms in total. The second kappa shape index (κ2) is 10.6. The van der Waals surface area contributed by atoms with Crippen molar-refractivity contribution in [3.8, 4) is 0 Å². The van der Waals surface area contributed by atoms with Gasteiger partial charge in [0, 0.05) is 58.3 Å². The van der Waals surface area contributed by atoms with E-state index in [0.717, 1.165) is 22.3 Å². The Labute approximate surface area is 204 Å². The molecule has 0 aromatic heterocycles. The zero-order valence-electron chi connectivity index (χ0n) is 21.6. The van der Waals surface area contributed by atoms with Gasteiger partial charge in [-0.25, -0.2) is 13.2 Å². The van der Waals surface area contributed by atoms with E-state index >= 15 is 0 Å². The SMILES string of the molecule is CCN(CC)C(=O)N1CCC(C(=O)N2CCN(S(=O)(=O)c3c(C)c(C)cc(C)c3C)CC2)CC1.